The summed E-state index contributed by atoms with van der Waals surface area (Å²) in [6, 6.07) is 8.70. The molecule has 9 nitrogen and oxygen atoms in total. The van der Waals surface area contributed by atoms with Crippen LogP contribution in [0.25, 0.3) is 17.0 Å². The molecule has 35 heavy (non-hydrogen) atoms. The molecule has 0 atom stereocenters. The zero-order chi connectivity index (χ0) is 25.3. The Hall–Kier alpha value is -3.88. The maximum absolute atomic E-state index is 13.1. The van der Waals surface area contributed by atoms with E-state index in [9.17, 15) is 14.9 Å². The third-order valence-corrected chi connectivity index (χ3v) is 5.88. The number of aryl methyl sites for hydroxylation is 1. The van der Waals surface area contributed by atoms with E-state index < -0.39 is 11.6 Å². The van der Waals surface area contributed by atoms with Gasteiger partial charge in [0.15, 0.2) is 0 Å². The topological polar surface area (TPSA) is 111 Å². The quantitative estimate of drug-likeness (QED) is 0.296. The molecule has 1 N–H and O–H groups in total. The molecular formula is C26H30N4O5. The number of hydrogen-bond acceptors (Lipinski definition) is 7. The fourth-order valence-electron chi connectivity index (χ4n) is 4.25. The van der Waals surface area contributed by atoms with Crippen LogP contribution < -0.4 is 9.64 Å². The summed E-state index contributed by atoms with van der Waals surface area (Å²) in [5.74, 6) is 0.702. The van der Waals surface area contributed by atoms with Crippen LogP contribution in [0.2, 0.25) is 0 Å². The zero-order valence-electron chi connectivity index (χ0n) is 20.7. The number of carbonyl (C=O) groups is 1. The molecule has 4 rings (SSSR count). The average molecular weight is 479 g/mol. The average Bonchev–Trinajstić information content (AvgIpc) is 3.15. The molecule has 0 spiro atoms. The number of carbonyl (C=O) groups excluding carboxylic acids is 1. The minimum Gasteiger partial charge on any atom is -0.497 e. The first-order chi connectivity index (χ1) is 16.6. The van der Waals surface area contributed by atoms with Crippen molar-refractivity contribution < 1.29 is 19.2 Å². The molecule has 0 saturated carbocycles. The molecule has 1 aliphatic rings. The van der Waals surface area contributed by atoms with Crippen molar-refractivity contribution >= 4 is 34.5 Å². The highest BCUT2D eigenvalue weighted by Crippen LogP contribution is 2.33. The second-order valence-electron chi connectivity index (χ2n) is 9.67. The Kier molecular flexibility index (Phi) is 6.51. The fraction of sp³-hybridized carbons (Fsp3) is 0.385. The van der Waals surface area contributed by atoms with Crippen LogP contribution >= 0.6 is 0 Å². The number of hydrogen-bond donors (Lipinski definition) is 1. The second-order valence-corrected chi connectivity index (χ2v) is 9.67. The monoisotopic (exact) mass is 478 g/mol. The Labute approximate surface area is 203 Å². The van der Waals surface area contributed by atoms with Crippen LogP contribution in [0, 0.1) is 17.0 Å². The molecular weight excluding hydrogens is 448 g/mol. The van der Waals surface area contributed by atoms with Crippen molar-refractivity contribution in [2.45, 2.75) is 46.1 Å². The molecule has 9 heteroatoms. The van der Waals surface area contributed by atoms with Gasteiger partial charge in [-0.2, -0.15) is 0 Å². The number of aromatic amines is 1. The number of esters is 1. The van der Waals surface area contributed by atoms with Gasteiger partial charge in [0, 0.05) is 36.3 Å². The van der Waals surface area contributed by atoms with Gasteiger partial charge in [0.25, 0.3) is 0 Å². The van der Waals surface area contributed by atoms with E-state index in [0.29, 0.717) is 48.8 Å². The lowest BCUT2D eigenvalue weighted by molar-refractivity contribution is -0.384. The third kappa shape index (κ3) is 5.29. The van der Waals surface area contributed by atoms with Gasteiger partial charge in [0.1, 0.15) is 11.4 Å². The molecule has 0 unspecified atom stereocenters. The molecule has 0 radical (unpaired) electrons. The summed E-state index contributed by atoms with van der Waals surface area (Å²) in [7, 11) is 1.60. The third-order valence-electron chi connectivity index (χ3n) is 5.88. The smallest absolute Gasteiger partial charge is 0.341 e. The summed E-state index contributed by atoms with van der Waals surface area (Å²) in [6.45, 7) is 8.54. The summed E-state index contributed by atoms with van der Waals surface area (Å²) < 4.78 is 11.0. The Morgan fingerprint density at radius 1 is 1.20 bits per heavy atom. The number of anilines is 1. The molecule has 0 aliphatic carbocycles. The molecule has 3 heterocycles. The van der Waals surface area contributed by atoms with Crippen LogP contribution in [0.3, 0.4) is 0 Å². The highest BCUT2D eigenvalue weighted by atomic mass is 16.6. The Morgan fingerprint density at radius 2 is 1.91 bits per heavy atom. The molecule has 2 aromatic heterocycles. The van der Waals surface area contributed by atoms with Crippen molar-refractivity contribution in [2.24, 2.45) is 0 Å². The van der Waals surface area contributed by atoms with Crippen molar-refractivity contribution in [3.8, 4) is 5.75 Å². The second kappa shape index (κ2) is 9.40. The van der Waals surface area contributed by atoms with Gasteiger partial charge in [0.2, 0.25) is 5.82 Å². The molecule has 0 amide bonds. The number of aromatic nitrogens is 2. The highest BCUT2D eigenvalue weighted by molar-refractivity contribution is 6.08. The largest absolute Gasteiger partial charge is 0.497 e. The minimum absolute atomic E-state index is 0.0137. The minimum atomic E-state index is -0.627. The summed E-state index contributed by atoms with van der Waals surface area (Å²) >= 11 is 0. The predicted octanol–water partition coefficient (Wildman–Crippen LogP) is 5.43. The van der Waals surface area contributed by atoms with E-state index in [1.165, 1.54) is 6.07 Å². The number of fused-ring (bicyclic) bond motifs is 1. The van der Waals surface area contributed by atoms with E-state index in [1.54, 1.807) is 13.2 Å². The van der Waals surface area contributed by atoms with Crippen LogP contribution in [-0.4, -0.2) is 46.7 Å². The van der Waals surface area contributed by atoms with Crippen molar-refractivity contribution in [3.63, 3.8) is 0 Å². The Morgan fingerprint density at radius 3 is 2.54 bits per heavy atom. The number of methoxy groups -OCH3 is 1. The lowest BCUT2D eigenvalue weighted by atomic mass is 10.0. The SMILES string of the molecule is COc1ccc2c(C(=O)OC(C)(C)C)c(C=C3CCN(c4nc(C)ccc4[N+](=O)[O-])CC3)[nH]c2c1. The normalized spacial score (nSPS) is 14.2. The number of nitrogens with one attached hydrogen (secondary N) is 1. The Balaban J connectivity index is 1.65. The van der Waals surface area contributed by atoms with E-state index in [1.807, 2.05) is 56.9 Å². The molecule has 184 valence electrons. The lowest BCUT2D eigenvalue weighted by Gasteiger charge is -2.29. The standard InChI is InChI=1S/C26H30N4O5/c1-16-6-9-22(30(32)33)24(27-16)29-12-10-17(11-13-29)14-21-23(25(31)35-26(2,3)4)19-8-7-18(34-5)15-20(19)28-21/h6-9,14-15,28H,10-13H2,1-5H3. The first-order valence-electron chi connectivity index (χ1n) is 11.5. The summed E-state index contributed by atoms with van der Waals surface area (Å²) in [4.78, 5) is 34.0. The van der Waals surface area contributed by atoms with Crippen molar-refractivity contribution in [3.05, 3.63) is 63.0 Å². The van der Waals surface area contributed by atoms with E-state index in [4.69, 9.17) is 9.47 Å². The van der Waals surface area contributed by atoms with Gasteiger partial charge in [-0.3, -0.25) is 10.1 Å². The summed E-state index contributed by atoms with van der Waals surface area (Å²) in [5, 5.41) is 12.3. The number of H-pyrrole nitrogens is 1. The van der Waals surface area contributed by atoms with Gasteiger partial charge in [-0.25, -0.2) is 9.78 Å². The van der Waals surface area contributed by atoms with Crippen LogP contribution in [0.15, 0.2) is 35.9 Å². The molecule has 1 aliphatic heterocycles. The number of nitro groups is 1. The van der Waals surface area contributed by atoms with E-state index in [0.717, 1.165) is 22.2 Å². The van der Waals surface area contributed by atoms with Gasteiger partial charge >= 0.3 is 11.7 Å². The molecule has 1 saturated heterocycles. The number of nitrogens with zero attached hydrogens (tertiary/aromatic N) is 3. The van der Waals surface area contributed by atoms with Gasteiger partial charge in [0.05, 0.1) is 28.8 Å². The number of piperidine rings is 1. The van der Waals surface area contributed by atoms with Crippen LogP contribution in [-0.2, 0) is 4.74 Å². The van der Waals surface area contributed by atoms with Crippen molar-refractivity contribution in [1.82, 2.24) is 9.97 Å². The summed E-state index contributed by atoms with van der Waals surface area (Å²) in [5.41, 5.74) is 3.23. The highest BCUT2D eigenvalue weighted by Gasteiger charge is 2.27. The number of pyridine rings is 1. The van der Waals surface area contributed by atoms with Gasteiger partial charge in [-0.05, 0) is 64.8 Å². The molecule has 1 aromatic carbocycles. The van der Waals surface area contributed by atoms with Crippen LogP contribution in [0.1, 0.15) is 55.4 Å². The van der Waals surface area contributed by atoms with E-state index in [2.05, 4.69) is 9.97 Å². The van der Waals surface area contributed by atoms with E-state index >= 15 is 0 Å². The van der Waals surface area contributed by atoms with E-state index in [-0.39, 0.29) is 10.6 Å². The fourth-order valence-corrected chi connectivity index (χ4v) is 4.25. The molecule has 1 fully saturated rings. The maximum atomic E-state index is 13.1. The first kappa shape index (κ1) is 24.3. The maximum Gasteiger partial charge on any atom is 0.341 e. The number of rotatable bonds is 5. The van der Waals surface area contributed by atoms with Gasteiger partial charge in [-0.1, -0.05) is 5.57 Å². The van der Waals surface area contributed by atoms with Crippen molar-refractivity contribution in [2.75, 3.05) is 25.1 Å². The van der Waals surface area contributed by atoms with Gasteiger partial charge in [-0.15, -0.1) is 0 Å². The van der Waals surface area contributed by atoms with Crippen LogP contribution in [0.4, 0.5) is 11.5 Å². The summed E-state index contributed by atoms with van der Waals surface area (Å²) in [6.07, 6.45) is 3.39. The van der Waals surface area contributed by atoms with Gasteiger partial charge < -0.3 is 19.4 Å². The molecule has 3 aromatic rings. The number of benzene rings is 1. The number of ether oxygens (including phenoxy) is 2. The lowest BCUT2D eigenvalue weighted by Crippen LogP contribution is -2.32. The van der Waals surface area contributed by atoms with Crippen molar-refractivity contribution in [1.29, 1.82) is 0 Å². The molecule has 0 bridgehead atoms. The zero-order valence-corrected chi connectivity index (χ0v) is 20.7. The Bertz CT molecular complexity index is 1310. The van der Waals surface area contributed by atoms with Crippen LogP contribution in [0.5, 0.6) is 5.75 Å². The first-order valence-corrected chi connectivity index (χ1v) is 11.5. The predicted molar refractivity (Wildman–Crippen MR) is 135 cm³/mol.